The number of rotatable bonds is 7. The Morgan fingerprint density at radius 2 is 2.04 bits per heavy atom. The highest BCUT2D eigenvalue weighted by atomic mass is 16.6. The zero-order chi connectivity index (χ0) is 20.3. The maximum absolute atomic E-state index is 11.5. The maximum Gasteiger partial charge on any atom is 0.274 e. The largest absolute Gasteiger partial charge is 0.497 e. The Balaban J connectivity index is 1.91. The van der Waals surface area contributed by atoms with Crippen LogP contribution in [-0.2, 0) is 6.54 Å². The van der Waals surface area contributed by atoms with Crippen LogP contribution in [0.25, 0.3) is 0 Å². The van der Waals surface area contributed by atoms with Crippen LogP contribution in [0.2, 0.25) is 0 Å². The first-order chi connectivity index (χ1) is 13.4. The maximum atomic E-state index is 11.5. The first-order valence-electron chi connectivity index (χ1n) is 8.97. The van der Waals surface area contributed by atoms with Gasteiger partial charge in [0.1, 0.15) is 11.5 Å². The lowest BCUT2D eigenvalue weighted by atomic mass is 10.0. The Kier molecular flexibility index (Phi) is 5.79. The molecule has 1 aliphatic rings. The molecule has 1 atom stereocenters. The van der Waals surface area contributed by atoms with Gasteiger partial charge in [0.05, 0.1) is 19.1 Å². The Morgan fingerprint density at radius 1 is 1.25 bits per heavy atom. The molecular formula is C20H23N3O5. The van der Waals surface area contributed by atoms with Crippen molar-refractivity contribution < 1.29 is 19.2 Å². The summed E-state index contributed by atoms with van der Waals surface area (Å²) >= 11 is 0. The van der Waals surface area contributed by atoms with Crippen molar-refractivity contribution in [1.29, 1.82) is 0 Å². The molecule has 148 valence electrons. The summed E-state index contributed by atoms with van der Waals surface area (Å²) in [7, 11) is 3.22. The molecule has 8 heteroatoms. The molecule has 1 amide bonds. The number of hydrogen-bond donors (Lipinski definition) is 1. The Bertz CT molecular complexity index is 899. The summed E-state index contributed by atoms with van der Waals surface area (Å²) in [5.41, 5.74) is 6.87. The fraction of sp³-hybridized carbons (Fsp3) is 0.350. The molecule has 0 aromatic heterocycles. The number of methoxy groups -OCH3 is 2. The minimum absolute atomic E-state index is 0.0799. The van der Waals surface area contributed by atoms with Gasteiger partial charge < -0.3 is 15.2 Å². The number of hydrogen-bond acceptors (Lipinski definition) is 6. The molecule has 3 rings (SSSR count). The number of benzene rings is 2. The third-order valence-corrected chi connectivity index (χ3v) is 5.10. The second kappa shape index (κ2) is 8.26. The third-order valence-electron chi connectivity index (χ3n) is 5.10. The van der Waals surface area contributed by atoms with E-state index < -0.39 is 10.8 Å². The fourth-order valence-electron chi connectivity index (χ4n) is 3.70. The molecule has 0 spiro atoms. The van der Waals surface area contributed by atoms with E-state index >= 15 is 0 Å². The Morgan fingerprint density at radius 3 is 2.68 bits per heavy atom. The topological polar surface area (TPSA) is 108 Å². The van der Waals surface area contributed by atoms with Gasteiger partial charge in [-0.2, -0.15) is 0 Å². The highest BCUT2D eigenvalue weighted by Crippen LogP contribution is 2.40. The van der Waals surface area contributed by atoms with Crippen LogP contribution in [0.5, 0.6) is 11.5 Å². The van der Waals surface area contributed by atoms with Gasteiger partial charge in [-0.05, 0) is 31.5 Å². The van der Waals surface area contributed by atoms with Gasteiger partial charge in [0.2, 0.25) is 5.91 Å². The number of carbonyl (C=O) groups is 1. The van der Waals surface area contributed by atoms with Crippen molar-refractivity contribution in [3.63, 3.8) is 0 Å². The number of amides is 1. The van der Waals surface area contributed by atoms with Gasteiger partial charge in [0.15, 0.2) is 0 Å². The summed E-state index contributed by atoms with van der Waals surface area (Å²) in [6.07, 6.45) is 1.91. The van der Waals surface area contributed by atoms with Gasteiger partial charge in [-0.1, -0.05) is 12.1 Å². The molecule has 0 bridgehead atoms. The quantitative estimate of drug-likeness (QED) is 0.580. The molecule has 1 fully saturated rings. The number of nitrogens with zero attached hydrogens (tertiary/aromatic N) is 2. The van der Waals surface area contributed by atoms with E-state index in [1.165, 1.54) is 12.1 Å². The van der Waals surface area contributed by atoms with Crippen molar-refractivity contribution in [2.75, 3.05) is 20.8 Å². The molecule has 1 heterocycles. The summed E-state index contributed by atoms with van der Waals surface area (Å²) < 4.78 is 10.8. The summed E-state index contributed by atoms with van der Waals surface area (Å²) in [6, 6.07) is 10.2. The van der Waals surface area contributed by atoms with Crippen molar-refractivity contribution in [1.82, 2.24) is 4.90 Å². The molecule has 1 unspecified atom stereocenters. The molecular weight excluding hydrogens is 362 g/mol. The molecule has 2 aromatic rings. The van der Waals surface area contributed by atoms with Crippen LogP contribution in [0, 0.1) is 10.1 Å². The zero-order valence-electron chi connectivity index (χ0n) is 15.9. The van der Waals surface area contributed by atoms with Gasteiger partial charge in [0.25, 0.3) is 5.69 Å². The number of ether oxygens (including phenoxy) is 2. The minimum atomic E-state index is -0.684. The van der Waals surface area contributed by atoms with Crippen molar-refractivity contribution in [3.8, 4) is 11.5 Å². The number of nitro groups is 1. The average molecular weight is 385 g/mol. The van der Waals surface area contributed by atoms with E-state index in [0.29, 0.717) is 17.9 Å². The van der Waals surface area contributed by atoms with E-state index in [0.717, 1.165) is 30.7 Å². The van der Waals surface area contributed by atoms with Crippen LogP contribution in [0.3, 0.4) is 0 Å². The van der Waals surface area contributed by atoms with E-state index in [1.54, 1.807) is 20.3 Å². The number of carbonyl (C=O) groups excluding carboxylic acids is 1. The van der Waals surface area contributed by atoms with Crippen LogP contribution in [0.4, 0.5) is 5.69 Å². The monoisotopic (exact) mass is 385 g/mol. The number of nitro benzene ring substituents is 1. The summed E-state index contributed by atoms with van der Waals surface area (Å²) in [4.78, 5) is 24.6. The number of primary amides is 1. The molecule has 8 nitrogen and oxygen atoms in total. The molecule has 28 heavy (non-hydrogen) atoms. The Hall–Kier alpha value is -3.13. The Labute approximate surface area is 163 Å². The van der Waals surface area contributed by atoms with Gasteiger partial charge >= 0.3 is 0 Å². The molecule has 0 radical (unpaired) electrons. The number of likely N-dealkylation sites (tertiary alicyclic amines) is 1. The predicted molar refractivity (Wildman–Crippen MR) is 104 cm³/mol. The van der Waals surface area contributed by atoms with Crippen LogP contribution < -0.4 is 15.2 Å². The smallest absolute Gasteiger partial charge is 0.274 e. The summed E-state index contributed by atoms with van der Waals surface area (Å²) in [6.45, 7) is 1.21. The standard InChI is InChI=1S/C20H23N3O5/c1-27-15-7-8-16(19(11-15)28-2)17-4-3-9-22(17)12-14-6-5-13(20(21)24)10-18(14)23(25)26/h5-8,10-11,17H,3-4,9,12H2,1-2H3,(H2,21,24). The van der Waals surface area contributed by atoms with E-state index in [2.05, 4.69) is 4.90 Å². The summed E-state index contributed by atoms with van der Waals surface area (Å²) in [5, 5.41) is 11.5. The number of nitrogens with two attached hydrogens (primary N) is 1. The third kappa shape index (κ3) is 3.91. The second-order valence-corrected chi connectivity index (χ2v) is 6.70. The highest BCUT2D eigenvalue weighted by molar-refractivity contribution is 5.93. The first kappa shape index (κ1) is 19.6. The van der Waals surface area contributed by atoms with E-state index in [-0.39, 0.29) is 17.3 Å². The van der Waals surface area contributed by atoms with Crippen LogP contribution in [-0.4, -0.2) is 36.5 Å². The van der Waals surface area contributed by atoms with Crippen molar-refractivity contribution in [2.24, 2.45) is 5.73 Å². The molecule has 0 saturated carbocycles. The lowest BCUT2D eigenvalue weighted by Crippen LogP contribution is -2.24. The van der Waals surface area contributed by atoms with Gasteiger partial charge in [0, 0.05) is 41.4 Å². The van der Waals surface area contributed by atoms with E-state index in [4.69, 9.17) is 15.2 Å². The predicted octanol–water partition coefficient (Wildman–Crippen LogP) is 3.05. The molecule has 2 N–H and O–H groups in total. The lowest BCUT2D eigenvalue weighted by Gasteiger charge is -2.26. The fourth-order valence-corrected chi connectivity index (χ4v) is 3.70. The van der Waals surface area contributed by atoms with Gasteiger partial charge in [-0.15, -0.1) is 0 Å². The zero-order valence-corrected chi connectivity index (χ0v) is 15.9. The minimum Gasteiger partial charge on any atom is -0.497 e. The van der Waals surface area contributed by atoms with Gasteiger partial charge in [-0.25, -0.2) is 0 Å². The first-order valence-corrected chi connectivity index (χ1v) is 8.97. The molecule has 2 aromatic carbocycles. The second-order valence-electron chi connectivity index (χ2n) is 6.70. The molecule has 1 aliphatic heterocycles. The normalized spacial score (nSPS) is 16.7. The average Bonchev–Trinajstić information content (AvgIpc) is 3.15. The van der Waals surface area contributed by atoms with Crippen LogP contribution >= 0.6 is 0 Å². The van der Waals surface area contributed by atoms with Crippen LogP contribution in [0.1, 0.15) is 40.4 Å². The SMILES string of the molecule is COc1ccc(C2CCCN2Cc2ccc(C(N)=O)cc2[N+](=O)[O-])c(OC)c1. The van der Waals surface area contributed by atoms with Crippen LogP contribution in [0.15, 0.2) is 36.4 Å². The van der Waals surface area contributed by atoms with Crippen molar-refractivity contribution in [3.05, 3.63) is 63.2 Å². The van der Waals surface area contributed by atoms with Crippen molar-refractivity contribution >= 4 is 11.6 Å². The summed E-state index contributed by atoms with van der Waals surface area (Å²) in [5.74, 6) is 0.759. The highest BCUT2D eigenvalue weighted by Gasteiger charge is 2.30. The molecule has 1 saturated heterocycles. The van der Waals surface area contributed by atoms with E-state index in [1.807, 2.05) is 18.2 Å². The van der Waals surface area contributed by atoms with Gasteiger partial charge in [-0.3, -0.25) is 19.8 Å². The van der Waals surface area contributed by atoms with E-state index in [9.17, 15) is 14.9 Å². The lowest BCUT2D eigenvalue weighted by molar-refractivity contribution is -0.385. The molecule has 0 aliphatic carbocycles. The van der Waals surface area contributed by atoms with Crippen molar-refractivity contribution in [2.45, 2.75) is 25.4 Å².